The third kappa shape index (κ3) is 3.80. The molecule has 5 heterocycles. The predicted molar refractivity (Wildman–Crippen MR) is 124 cm³/mol. The van der Waals surface area contributed by atoms with Gasteiger partial charge in [0.25, 0.3) is 0 Å². The molecule has 2 saturated heterocycles. The van der Waals surface area contributed by atoms with E-state index in [1.807, 2.05) is 32.6 Å². The molecule has 0 spiro atoms. The number of carbonyl (C=O) groups excluding carboxylic acids is 1. The van der Waals surface area contributed by atoms with Gasteiger partial charge in [0, 0.05) is 13.0 Å². The van der Waals surface area contributed by atoms with Crippen LogP contribution in [0.5, 0.6) is 0 Å². The van der Waals surface area contributed by atoms with E-state index in [-0.39, 0.29) is 40.6 Å². The molecule has 2 fully saturated rings. The normalized spacial score (nSPS) is 26.4. The number of thioether (sulfide) groups is 1. The number of nitrogens with zero attached hydrogens (tertiary/aromatic N) is 5. The van der Waals surface area contributed by atoms with Crippen molar-refractivity contribution in [3.63, 3.8) is 0 Å². The number of aliphatic hydroxyl groups is 1. The van der Waals surface area contributed by atoms with Gasteiger partial charge >= 0.3 is 6.09 Å². The van der Waals surface area contributed by atoms with E-state index < -0.39 is 17.5 Å². The largest absolute Gasteiger partial charge is 0.444 e. The van der Waals surface area contributed by atoms with Gasteiger partial charge in [-0.25, -0.2) is 24.1 Å². The number of aromatic nitrogens is 3. The molecule has 0 radical (unpaired) electrons. The fraction of sp³-hybridized carbons (Fsp3) is 0.636. The van der Waals surface area contributed by atoms with Crippen molar-refractivity contribution in [2.24, 2.45) is 0 Å². The number of rotatable bonds is 2. The quantitative estimate of drug-likeness (QED) is 0.374. The van der Waals surface area contributed by atoms with Crippen molar-refractivity contribution in [3.05, 3.63) is 16.7 Å². The number of halogens is 2. The second-order valence-corrected chi connectivity index (χ2v) is 11.3. The fourth-order valence-corrected chi connectivity index (χ4v) is 6.03. The lowest BCUT2D eigenvalue weighted by Gasteiger charge is -2.47. The number of fused-ring (bicyclic) bond motifs is 5. The number of carbonyl (C=O) groups is 1. The lowest BCUT2D eigenvalue weighted by molar-refractivity contribution is 0.00452. The summed E-state index contributed by atoms with van der Waals surface area (Å²) in [6, 6.07) is -0.438. The molecule has 2 aromatic heterocycles. The average Bonchev–Trinajstić information content (AvgIpc) is 3.01. The van der Waals surface area contributed by atoms with Gasteiger partial charge in [0.15, 0.2) is 16.1 Å². The predicted octanol–water partition coefficient (Wildman–Crippen LogP) is 4.32. The first-order valence-corrected chi connectivity index (χ1v) is 12.6. The second kappa shape index (κ2) is 8.09. The van der Waals surface area contributed by atoms with E-state index in [1.165, 1.54) is 11.8 Å². The number of aliphatic hydroxyl groups excluding tert-OH is 1. The number of pyridine rings is 1. The van der Waals surface area contributed by atoms with Crippen LogP contribution in [-0.2, 0) is 4.74 Å². The standard InChI is InChI=1S/C22H27ClFN5O3S/c1-5-33-20-26-17-14-16(25-18(23)15(17)24)13(30)8-12-11-7-6-10(9-28(12)19(14)27-20)29(11)21(31)32-22(2,3)4/h10-13,30H,5-9H2,1-4H3/t10-,11+,12+,13-/m0/s1. The van der Waals surface area contributed by atoms with Crippen LogP contribution in [0.25, 0.3) is 10.9 Å². The molecule has 0 saturated carbocycles. The van der Waals surface area contributed by atoms with Gasteiger partial charge in [-0.1, -0.05) is 30.3 Å². The molecule has 0 aliphatic carbocycles. The van der Waals surface area contributed by atoms with E-state index in [4.69, 9.17) is 21.3 Å². The first kappa shape index (κ1) is 22.9. The Morgan fingerprint density at radius 3 is 2.73 bits per heavy atom. The molecule has 3 aliphatic rings. The van der Waals surface area contributed by atoms with Crippen LogP contribution < -0.4 is 4.90 Å². The number of hydrogen-bond donors (Lipinski definition) is 1. The number of piperazine rings is 1. The van der Waals surface area contributed by atoms with Crippen LogP contribution in [0.3, 0.4) is 0 Å². The summed E-state index contributed by atoms with van der Waals surface area (Å²) in [6.07, 6.45) is 0.602. The summed E-state index contributed by atoms with van der Waals surface area (Å²) >= 11 is 7.50. The summed E-state index contributed by atoms with van der Waals surface area (Å²) in [4.78, 5) is 30.4. The van der Waals surface area contributed by atoms with Gasteiger partial charge in [-0.3, -0.25) is 4.90 Å². The van der Waals surface area contributed by atoms with Crippen molar-refractivity contribution in [1.82, 2.24) is 19.9 Å². The molecule has 4 atom stereocenters. The Balaban J connectivity index is 1.64. The topological polar surface area (TPSA) is 91.7 Å². The Hall–Kier alpha value is -1.91. The molecule has 8 nitrogen and oxygen atoms in total. The highest BCUT2D eigenvalue weighted by atomic mass is 35.5. The molecule has 33 heavy (non-hydrogen) atoms. The molecule has 2 aromatic rings. The molecule has 0 aromatic carbocycles. The smallest absolute Gasteiger partial charge is 0.410 e. The van der Waals surface area contributed by atoms with Gasteiger partial charge in [0.05, 0.1) is 35.3 Å². The Kier molecular flexibility index (Phi) is 5.61. The van der Waals surface area contributed by atoms with Gasteiger partial charge in [-0.15, -0.1) is 0 Å². The third-order valence-electron chi connectivity index (χ3n) is 6.46. The van der Waals surface area contributed by atoms with E-state index in [0.717, 1.165) is 18.6 Å². The van der Waals surface area contributed by atoms with Crippen LogP contribution >= 0.6 is 23.4 Å². The molecule has 1 N–H and O–H groups in total. The Morgan fingerprint density at radius 2 is 2.03 bits per heavy atom. The highest BCUT2D eigenvalue weighted by molar-refractivity contribution is 7.99. The zero-order valence-corrected chi connectivity index (χ0v) is 20.6. The first-order chi connectivity index (χ1) is 15.6. The first-order valence-electron chi connectivity index (χ1n) is 11.2. The number of anilines is 1. The highest BCUT2D eigenvalue weighted by Crippen LogP contribution is 2.46. The molecule has 5 rings (SSSR count). The molecule has 178 valence electrons. The minimum atomic E-state index is -0.995. The van der Waals surface area contributed by atoms with Crippen molar-refractivity contribution in [3.8, 4) is 0 Å². The second-order valence-electron chi connectivity index (χ2n) is 9.75. The minimum absolute atomic E-state index is 0.0582. The van der Waals surface area contributed by atoms with Crippen LogP contribution in [0, 0.1) is 5.82 Å². The lowest BCUT2D eigenvalue weighted by Crippen LogP contribution is -2.62. The highest BCUT2D eigenvalue weighted by Gasteiger charge is 2.52. The molecule has 11 heteroatoms. The van der Waals surface area contributed by atoms with Crippen molar-refractivity contribution in [2.45, 2.75) is 81.9 Å². The van der Waals surface area contributed by atoms with Crippen molar-refractivity contribution < 1.29 is 19.0 Å². The molecule has 2 bridgehead atoms. The van der Waals surface area contributed by atoms with E-state index in [0.29, 0.717) is 29.3 Å². The van der Waals surface area contributed by atoms with Crippen LogP contribution in [0.2, 0.25) is 5.15 Å². The molecular weight excluding hydrogens is 469 g/mol. The summed E-state index contributed by atoms with van der Waals surface area (Å²) in [5, 5.41) is 11.7. The number of hydrogen-bond acceptors (Lipinski definition) is 8. The van der Waals surface area contributed by atoms with Crippen molar-refractivity contribution in [2.75, 3.05) is 17.2 Å². The van der Waals surface area contributed by atoms with E-state index in [1.54, 1.807) is 0 Å². The van der Waals surface area contributed by atoms with Crippen LogP contribution in [0.4, 0.5) is 15.0 Å². The summed E-state index contributed by atoms with van der Waals surface area (Å²) in [5.41, 5.74) is -0.239. The molecule has 3 aliphatic heterocycles. The van der Waals surface area contributed by atoms with Gasteiger partial charge in [0.1, 0.15) is 16.9 Å². The maximum atomic E-state index is 15.1. The number of ether oxygens (including phenoxy) is 1. The van der Waals surface area contributed by atoms with Crippen LogP contribution in [-0.4, -0.2) is 67.1 Å². The summed E-state index contributed by atoms with van der Waals surface area (Å²) in [5.74, 6) is 0.566. The zero-order chi connectivity index (χ0) is 23.7. The molecule has 1 amide bonds. The summed E-state index contributed by atoms with van der Waals surface area (Å²) < 4.78 is 20.7. The lowest BCUT2D eigenvalue weighted by atomic mass is 9.97. The average molecular weight is 496 g/mol. The maximum Gasteiger partial charge on any atom is 0.410 e. The van der Waals surface area contributed by atoms with E-state index in [9.17, 15) is 9.90 Å². The van der Waals surface area contributed by atoms with Crippen LogP contribution in [0.1, 0.15) is 58.8 Å². The maximum absolute atomic E-state index is 15.1. The van der Waals surface area contributed by atoms with Gasteiger partial charge in [0.2, 0.25) is 0 Å². The van der Waals surface area contributed by atoms with Gasteiger partial charge in [-0.2, -0.15) is 0 Å². The molecular formula is C22H27ClFN5O3S. The van der Waals surface area contributed by atoms with Crippen molar-refractivity contribution >= 4 is 46.2 Å². The van der Waals surface area contributed by atoms with Gasteiger partial charge in [-0.05, 0) is 39.4 Å². The monoisotopic (exact) mass is 495 g/mol. The Labute approximate surface area is 200 Å². The third-order valence-corrected chi connectivity index (χ3v) is 7.44. The zero-order valence-electron chi connectivity index (χ0n) is 19.0. The summed E-state index contributed by atoms with van der Waals surface area (Å²) in [6.45, 7) is 8.04. The Bertz CT molecular complexity index is 1130. The van der Waals surface area contributed by atoms with E-state index >= 15 is 4.39 Å². The minimum Gasteiger partial charge on any atom is -0.444 e. The van der Waals surface area contributed by atoms with E-state index in [2.05, 4.69) is 14.9 Å². The summed E-state index contributed by atoms with van der Waals surface area (Å²) in [7, 11) is 0. The SMILES string of the molecule is CCSc1nc2c3c(nc(Cl)c(F)c3n1)[C@@H](O)C[C@@H]1[C@H]3CC[C@@H](CN21)N3C(=O)OC(C)(C)C. The van der Waals surface area contributed by atoms with Gasteiger partial charge < -0.3 is 14.7 Å². The Morgan fingerprint density at radius 1 is 1.27 bits per heavy atom. The number of amides is 1. The molecule has 0 unspecified atom stereocenters. The van der Waals surface area contributed by atoms with Crippen LogP contribution in [0.15, 0.2) is 5.16 Å². The fourth-order valence-electron chi connectivity index (χ4n) is 5.28. The van der Waals surface area contributed by atoms with Crippen molar-refractivity contribution in [1.29, 1.82) is 0 Å².